The quantitative estimate of drug-likeness (QED) is 0.512. The normalized spacial score (nSPS) is 23.4. The fraction of sp³-hybridized carbons (Fsp3) is 0.333. The number of carbonyl (C=O) groups is 1. The van der Waals surface area contributed by atoms with Crippen molar-refractivity contribution < 1.29 is 9.63 Å². The summed E-state index contributed by atoms with van der Waals surface area (Å²) in [5.74, 6) is -0.0249. The van der Waals surface area contributed by atoms with Crippen molar-refractivity contribution >= 4 is 12.0 Å². The number of hydrogen-bond donors (Lipinski definition) is 0. The number of ketones is 1. The minimum Gasteiger partial charge on any atom is -0.380 e. The maximum absolute atomic E-state index is 10.5. The van der Waals surface area contributed by atoms with Crippen molar-refractivity contribution in [3.05, 3.63) is 12.2 Å². The molecule has 0 radical (unpaired) electrons. The zero-order valence-corrected chi connectivity index (χ0v) is 5.07. The second-order valence-electron chi connectivity index (χ2n) is 1.78. The van der Waals surface area contributed by atoms with Crippen LogP contribution in [0.2, 0.25) is 0 Å². The van der Waals surface area contributed by atoms with E-state index in [9.17, 15) is 4.79 Å². The molecule has 1 aliphatic rings. The lowest BCUT2D eigenvalue weighted by molar-refractivity contribution is -0.125. The number of allylic oxidation sites excluding steroid dienone is 1. The van der Waals surface area contributed by atoms with Gasteiger partial charge in [0.15, 0.2) is 5.78 Å². The molecule has 0 aliphatic carbocycles. The topological polar surface area (TPSA) is 38.7 Å². The molecule has 0 fully saturated rings. The molecule has 1 atom stereocenters. The van der Waals surface area contributed by atoms with Crippen LogP contribution in [-0.2, 0) is 9.63 Å². The van der Waals surface area contributed by atoms with Crippen molar-refractivity contribution in [3.63, 3.8) is 0 Å². The zero-order valence-electron chi connectivity index (χ0n) is 5.07. The molecular weight excluding hydrogens is 118 g/mol. The maximum atomic E-state index is 10.5. The minimum absolute atomic E-state index is 0.0249. The van der Waals surface area contributed by atoms with Crippen LogP contribution in [0.25, 0.3) is 0 Å². The molecule has 0 saturated heterocycles. The van der Waals surface area contributed by atoms with Gasteiger partial charge in [0.2, 0.25) is 6.10 Å². The molecule has 0 aromatic carbocycles. The monoisotopic (exact) mass is 125 g/mol. The van der Waals surface area contributed by atoms with Crippen molar-refractivity contribution in [1.82, 2.24) is 0 Å². The van der Waals surface area contributed by atoms with Gasteiger partial charge in [-0.25, -0.2) is 0 Å². The Bertz CT molecular complexity index is 172. The molecule has 48 valence electrons. The van der Waals surface area contributed by atoms with Gasteiger partial charge in [-0.3, -0.25) is 4.79 Å². The molecule has 1 aliphatic heterocycles. The maximum Gasteiger partial charge on any atom is 0.203 e. The minimum atomic E-state index is -0.463. The van der Waals surface area contributed by atoms with Gasteiger partial charge in [0.1, 0.15) is 0 Å². The van der Waals surface area contributed by atoms with E-state index in [2.05, 4.69) is 9.99 Å². The fourth-order valence-electron chi connectivity index (χ4n) is 0.531. The molecule has 0 aromatic rings. The van der Waals surface area contributed by atoms with E-state index in [1.165, 1.54) is 13.1 Å². The van der Waals surface area contributed by atoms with E-state index in [0.29, 0.717) is 0 Å². The van der Waals surface area contributed by atoms with Gasteiger partial charge in [0.05, 0.1) is 6.21 Å². The van der Waals surface area contributed by atoms with Gasteiger partial charge in [-0.05, 0) is 19.1 Å². The highest BCUT2D eigenvalue weighted by atomic mass is 16.6. The van der Waals surface area contributed by atoms with Crippen molar-refractivity contribution in [2.45, 2.75) is 13.0 Å². The Morgan fingerprint density at radius 1 is 1.78 bits per heavy atom. The number of Topliss-reactive ketones (excluding diaryl/α,β-unsaturated/α-hetero) is 1. The van der Waals surface area contributed by atoms with Crippen LogP contribution in [0.3, 0.4) is 0 Å². The molecular formula is C6H7NO2. The predicted molar refractivity (Wildman–Crippen MR) is 33.2 cm³/mol. The van der Waals surface area contributed by atoms with Gasteiger partial charge in [-0.15, -0.1) is 0 Å². The summed E-state index contributed by atoms with van der Waals surface area (Å²) in [5, 5.41) is 3.45. The molecule has 3 nitrogen and oxygen atoms in total. The molecule has 0 N–H and O–H groups in total. The van der Waals surface area contributed by atoms with E-state index in [-0.39, 0.29) is 5.78 Å². The summed E-state index contributed by atoms with van der Waals surface area (Å²) in [4.78, 5) is 15.2. The van der Waals surface area contributed by atoms with E-state index < -0.39 is 6.10 Å². The Balaban J connectivity index is 2.56. The molecule has 1 rings (SSSR count). The van der Waals surface area contributed by atoms with Crippen LogP contribution in [0, 0.1) is 0 Å². The van der Waals surface area contributed by atoms with Crippen LogP contribution in [0.15, 0.2) is 17.3 Å². The van der Waals surface area contributed by atoms with E-state index in [1.807, 2.05) is 0 Å². The van der Waals surface area contributed by atoms with E-state index >= 15 is 0 Å². The number of rotatable bonds is 1. The summed E-state index contributed by atoms with van der Waals surface area (Å²) in [6.45, 7) is 1.47. The number of oxime groups is 1. The van der Waals surface area contributed by atoms with Crippen molar-refractivity contribution in [1.29, 1.82) is 0 Å². The third kappa shape index (κ3) is 1.38. The first-order chi connectivity index (χ1) is 4.30. The molecule has 0 bridgehead atoms. The number of nitrogens with zero attached hydrogens (tertiary/aromatic N) is 1. The Morgan fingerprint density at radius 3 is 2.89 bits per heavy atom. The molecule has 0 spiro atoms. The van der Waals surface area contributed by atoms with Crippen molar-refractivity contribution in [2.24, 2.45) is 5.16 Å². The molecule has 0 saturated carbocycles. The van der Waals surface area contributed by atoms with Crippen LogP contribution < -0.4 is 0 Å². The second kappa shape index (κ2) is 2.44. The van der Waals surface area contributed by atoms with Gasteiger partial charge >= 0.3 is 0 Å². The average molecular weight is 125 g/mol. The highest BCUT2D eigenvalue weighted by molar-refractivity contribution is 5.84. The van der Waals surface area contributed by atoms with Gasteiger partial charge in [-0.2, -0.15) is 0 Å². The summed E-state index contributed by atoms with van der Waals surface area (Å²) in [5.41, 5.74) is 0. The Hall–Kier alpha value is -1.12. The smallest absolute Gasteiger partial charge is 0.203 e. The average Bonchev–Trinajstić information content (AvgIpc) is 1.90. The first-order valence-corrected chi connectivity index (χ1v) is 2.67. The molecule has 3 heteroatoms. The predicted octanol–water partition coefficient (Wildman–Crippen LogP) is 0.516. The molecule has 1 unspecified atom stereocenters. The van der Waals surface area contributed by atoms with Crippen LogP contribution in [0.5, 0.6) is 0 Å². The molecule has 0 aromatic heterocycles. The van der Waals surface area contributed by atoms with E-state index in [0.717, 1.165) is 0 Å². The standard InChI is InChI=1S/C6H7NO2/c1-5(8)6-3-2-4-7-9-6/h2-4,6H,1H3. The molecule has 1 heterocycles. The SMILES string of the molecule is CC(=O)C1C=CC=NO1. The first kappa shape index (κ1) is 6.01. The summed E-state index contributed by atoms with van der Waals surface area (Å²) < 4.78 is 0. The highest BCUT2D eigenvalue weighted by Crippen LogP contribution is 1.99. The third-order valence-corrected chi connectivity index (χ3v) is 1.01. The fourth-order valence-corrected chi connectivity index (χ4v) is 0.531. The molecule has 9 heavy (non-hydrogen) atoms. The lowest BCUT2D eigenvalue weighted by Crippen LogP contribution is -2.18. The molecule has 0 amide bonds. The summed E-state index contributed by atoms with van der Waals surface area (Å²) in [7, 11) is 0. The van der Waals surface area contributed by atoms with Crippen LogP contribution in [-0.4, -0.2) is 18.1 Å². The van der Waals surface area contributed by atoms with Gasteiger partial charge < -0.3 is 4.84 Å². The lowest BCUT2D eigenvalue weighted by atomic mass is 10.2. The Kier molecular flexibility index (Phi) is 1.63. The Morgan fingerprint density at radius 2 is 2.56 bits per heavy atom. The third-order valence-electron chi connectivity index (χ3n) is 1.01. The van der Waals surface area contributed by atoms with Crippen molar-refractivity contribution in [2.75, 3.05) is 0 Å². The summed E-state index contributed by atoms with van der Waals surface area (Å²) >= 11 is 0. The summed E-state index contributed by atoms with van der Waals surface area (Å²) in [6, 6.07) is 0. The second-order valence-corrected chi connectivity index (χ2v) is 1.78. The largest absolute Gasteiger partial charge is 0.380 e. The van der Waals surface area contributed by atoms with Crippen LogP contribution in [0.1, 0.15) is 6.92 Å². The Labute approximate surface area is 53.0 Å². The summed E-state index contributed by atoms with van der Waals surface area (Å²) in [6.07, 6.45) is 4.39. The van der Waals surface area contributed by atoms with E-state index in [4.69, 9.17) is 0 Å². The highest BCUT2D eigenvalue weighted by Gasteiger charge is 2.11. The first-order valence-electron chi connectivity index (χ1n) is 2.67. The number of hydrogen-bond acceptors (Lipinski definition) is 3. The van der Waals surface area contributed by atoms with Crippen LogP contribution >= 0.6 is 0 Å². The van der Waals surface area contributed by atoms with E-state index in [1.54, 1.807) is 12.2 Å². The van der Waals surface area contributed by atoms with Crippen molar-refractivity contribution in [3.8, 4) is 0 Å². The van der Waals surface area contributed by atoms with Gasteiger partial charge in [-0.1, -0.05) is 5.16 Å². The van der Waals surface area contributed by atoms with Gasteiger partial charge in [0.25, 0.3) is 0 Å². The zero-order chi connectivity index (χ0) is 6.69. The van der Waals surface area contributed by atoms with Crippen LogP contribution in [0.4, 0.5) is 0 Å². The number of carbonyl (C=O) groups excluding carboxylic acids is 1. The lowest BCUT2D eigenvalue weighted by Gasteiger charge is -2.07. The van der Waals surface area contributed by atoms with Gasteiger partial charge in [0, 0.05) is 0 Å².